The van der Waals surface area contributed by atoms with Crippen LogP contribution in [0.5, 0.6) is 5.75 Å². The van der Waals surface area contributed by atoms with Crippen LogP contribution in [-0.2, 0) is 29.9 Å². The minimum Gasteiger partial charge on any atom is -0.406 e. The number of halogens is 3. The Kier molecular flexibility index (Phi) is 5.58. The number of nitrogens with zero attached hydrogens (tertiary/aromatic N) is 1. The standard InChI is InChI=1S/C24H18F3NO6S/c25-24(26,27)34-17-7-9-18(10-8-17)35(30,31)19-11-12-21-20(15-19)23(32-13-4-14-33-23)22(29)28(21)16-5-2-1-3-6-16/h1-3,5-12,15H,4,13-14H2. The zero-order chi connectivity index (χ0) is 24.8. The van der Waals surface area contributed by atoms with Crippen LogP contribution >= 0.6 is 0 Å². The van der Waals surface area contributed by atoms with Crippen LogP contribution < -0.4 is 9.64 Å². The van der Waals surface area contributed by atoms with Crippen molar-refractivity contribution in [3.05, 3.63) is 78.4 Å². The maximum absolute atomic E-state index is 13.5. The van der Waals surface area contributed by atoms with Gasteiger partial charge in [-0.1, -0.05) is 18.2 Å². The van der Waals surface area contributed by atoms with Gasteiger partial charge in [-0.15, -0.1) is 13.2 Å². The molecule has 11 heteroatoms. The first-order valence-electron chi connectivity index (χ1n) is 10.5. The van der Waals surface area contributed by atoms with Gasteiger partial charge >= 0.3 is 6.36 Å². The number of amides is 1. The third-order valence-electron chi connectivity index (χ3n) is 5.64. The van der Waals surface area contributed by atoms with Gasteiger partial charge in [-0.2, -0.15) is 0 Å². The number of carbonyl (C=O) groups is 1. The molecule has 0 unspecified atom stereocenters. The van der Waals surface area contributed by atoms with Gasteiger partial charge in [0.05, 0.1) is 28.7 Å². The highest BCUT2D eigenvalue weighted by molar-refractivity contribution is 7.91. The van der Waals surface area contributed by atoms with Crippen LogP contribution in [0, 0.1) is 0 Å². The maximum atomic E-state index is 13.5. The molecule has 0 N–H and O–H groups in total. The third-order valence-corrected chi connectivity index (χ3v) is 7.41. The lowest BCUT2D eigenvalue weighted by molar-refractivity contribution is -0.274. The number of carbonyl (C=O) groups excluding carboxylic acids is 1. The molecule has 0 aromatic heterocycles. The average molecular weight is 505 g/mol. The lowest BCUT2D eigenvalue weighted by Crippen LogP contribution is -2.46. The number of para-hydroxylation sites is 1. The van der Waals surface area contributed by atoms with E-state index in [1.807, 2.05) is 0 Å². The van der Waals surface area contributed by atoms with Crippen molar-refractivity contribution in [3.63, 3.8) is 0 Å². The van der Waals surface area contributed by atoms with Gasteiger partial charge in [0.15, 0.2) is 0 Å². The van der Waals surface area contributed by atoms with E-state index in [4.69, 9.17) is 9.47 Å². The quantitative estimate of drug-likeness (QED) is 0.512. The molecule has 1 spiro atoms. The summed E-state index contributed by atoms with van der Waals surface area (Å²) in [4.78, 5) is 14.6. The van der Waals surface area contributed by atoms with Gasteiger partial charge in [0.1, 0.15) is 5.75 Å². The molecule has 2 aliphatic rings. The number of anilines is 2. The molecule has 1 saturated heterocycles. The predicted molar refractivity (Wildman–Crippen MR) is 117 cm³/mol. The van der Waals surface area contributed by atoms with Crippen LogP contribution in [-0.4, -0.2) is 33.9 Å². The summed E-state index contributed by atoms with van der Waals surface area (Å²) in [7, 11) is -4.15. The zero-order valence-electron chi connectivity index (χ0n) is 18.0. The highest BCUT2D eigenvalue weighted by atomic mass is 32.2. The van der Waals surface area contributed by atoms with Gasteiger partial charge in [0, 0.05) is 11.3 Å². The van der Waals surface area contributed by atoms with E-state index in [0.29, 0.717) is 17.8 Å². The fraction of sp³-hybridized carbons (Fsp3) is 0.208. The van der Waals surface area contributed by atoms with Gasteiger partial charge in [-0.25, -0.2) is 8.42 Å². The fourth-order valence-electron chi connectivity index (χ4n) is 4.11. The molecule has 1 fully saturated rings. The van der Waals surface area contributed by atoms with Crippen molar-refractivity contribution in [1.82, 2.24) is 0 Å². The SMILES string of the molecule is O=C1N(c2ccccc2)c2ccc(S(=O)(=O)c3ccc(OC(F)(F)F)cc3)cc2C12OCCCO2. The highest BCUT2D eigenvalue weighted by Gasteiger charge is 2.55. The maximum Gasteiger partial charge on any atom is 0.573 e. The van der Waals surface area contributed by atoms with E-state index in [2.05, 4.69) is 4.74 Å². The van der Waals surface area contributed by atoms with E-state index < -0.39 is 33.6 Å². The summed E-state index contributed by atoms with van der Waals surface area (Å²) in [6.07, 6.45) is -4.33. The van der Waals surface area contributed by atoms with E-state index in [0.717, 1.165) is 24.3 Å². The first-order chi connectivity index (χ1) is 16.6. The number of rotatable bonds is 4. The van der Waals surface area contributed by atoms with Crippen molar-refractivity contribution in [2.24, 2.45) is 0 Å². The molecule has 2 aliphatic heterocycles. The van der Waals surface area contributed by atoms with Gasteiger partial charge in [-0.3, -0.25) is 9.69 Å². The first kappa shape index (κ1) is 23.3. The molecule has 0 saturated carbocycles. The molecule has 3 aromatic carbocycles. The predicted octanol–water partition coefficient (Wildman–Crippen LogP) is 4.69. The first-order valence-corrected chi connectivity index (χ1v) is 12.0. The van der Waals surface area contributed by atoms with E-state index in [1.165, 1.54) is 23.1 Å². The summed E-state index contributed by atoms with van der Waals surface area (Å²) >= 11 is 0. The Morgan fingerprint density at radius 1 is 0.886 bits per heavy atom. The number of fused-ring (bicyclic) bond motifs is 2. The largest absolute Gasteiger partial charge is 0.573 e. The molecule has 0 atom stereocenters. The number of benzene rings is 3. The molecule has 0 radical (unpaired) electrons. The number of hydrogen-bond donors (Lipinski definition) is 0. The van der Waals surface area contributed by atoms with Gasteiger partial charge in [0.25, 0.3) is 11.7 Å². The van der Waals surface area contributed by atoms with Crippen molar-refractivity contribution < 1.29 is 40.6 Å². The molecule has 1 amide bonds. The second kappa shape index (κ2) is 8.36. The smallest absolute Gasteiger partial charge is 0.406 e. The minimum absolute atomic E-state index is 0.166. The van der Waals surface area contributed by atoms with Gasteiger partial charge < -0.3 is 14.2 Å². The lowest BCUT2D eigenvalue weighted by Gasteiger charge is -2.32. The summed E-state index contributed by atoms with van der Waals surface area (Å²) in [6, 6.07) is 16.8. The van der Waals surface area contributed by atoms with E-state index in [-0.39, 0.29) is 28.6 Å². The van der Waals surface area contributed by atoms with Crippen LogP contribution in [0.3, 0.4) is 0 Å². The Bertz CT molecular complexity index is 1370. The van der Waals surface area contributed by atoms with E-state index in [1.54, 1.807) is 30.3 Å². The number of hydrogen-bond acceptors (Lipinski definition) is 6. The van der Waals surface area contributed by atoms with Crippen LogP contribution in [0.25, 0.3) is 0 Å². The number of sulfone groups is 1. The molecule has 5 rings (SSSR count). The molecular weight excluding hydrogens is 487 g/mol. The van der Waals surface area contributed by atoms with Crippen molar-refractivity contribution in [1.29, 1.82) is 0 Å². The van der Waals surface area contributed by atoms with Crippen molar-refractivity contribution in [3.8, 4) is 5.75 Å². The topological polar surface area (TPSA) is 82.1 Å². The normalized spacial score (nSPS) is 17.5. The van der Waals surface area contributed by atoms with E-state index >= 15 is 0 Å². The number of alkyl halides is 3. The Morgan fingerprint density at radius 3 is 2.14 bits per heavy atom. The van der Waals surface area contributed by atoms with Crippen LogP contribution in [0.2, 0.25) is 0 Å². The van der Waals surface area contributed by atoms with Crippen molar-refractivity contribution in [2.45, 2.75) is 28.4 Å². The summed E-state index contributed by atoms with van der Waals surface area (Å²) in [5.74, 6) is -2.83. The lowest BCUT2D eigenvalue weighted by atomic mass is 10.1. The van der Waals surface area contributed by atoms with Gasteiger partial charge in [0.2, 0.25) is 9.84 Å². The molecule has 182 valence electrons. The summed E-state index contributed by atoms with van der Waals surface area (Å²) in [6.45, 7) is 0.483. The second-order valence-electron chi connectivity index (χ2n) is 7.84. The summed E-state index contributed by atoms with van der Waals surface area (Å²) < 4.78 is 79.3. The van der Waals surface area contributed by atoms with Crippen LogP contribution in [0.1, 0.15) is 12.0 Å². The third kappa shape index (κ3) is 4.05. The molecule has 2 heterocycles. The molecular formula is C24H18F3NO6S. The highest BCUT2D eigenvalue weighted by Crippen LogP contribution is 2.49. The van der Waals surface area contributed by atoms with Crippen LogP contribution in [0.15, 0.2) is 82.6 Å². The minimum atomic E-state index is -4.90. The fourth-order valence-corrected chi connectivity index (χ4v) is 5.40. The molecule has 0 bridgehead atoms. The Morgan fingerprint density at radius 2 is 1.51 bits per heavy atom. The Balaban J connectivity index is 1.58. The Hall–Kier alpha value is -3.41. The molecule has 7 nitrogen and oxygen atoms in total. The Labute approximate surface area is 198 Å². The molecule has 35 heavy (non-hydrogen) atoms. The second-order valence-corrected chi connectivity index (χ2v) is 9.79. The van der Waals surface area contributed by atoms with Crippen molar-refractivity contribution >= 4 is 27.1 Å². The van der Waals surface area contributed by atoms with Gasteiger partial charge in [-0.05, 0) is 61.0 Å². The molecule has 3 aromatic rings. The van der Waals surface area contributed by atoms with E-state index in [9.17, 15) is 26.4 Å². The summed E-state index contributed by atoms with van der Waals surface area (Å²) in [5, 5.41) is 0. The number of ether oxygens (including phenoxy) is 3. The monoisotopic (exact) mass is 505 g/mol. The van der Waals surface area contributed by atoms with Crippen LogP contribution in [0.4, 0.5) is 24.5 Å². The average Bonchev–Trinajstić information content (AvgIpc) is 3.06. The van der Waals surface area contributed by atoms with Crippen molar-refractivity contribution in [2.75, 3.05) is 18.1 Å². The molecule has 0 aliphatic carbocycles. The zero-order valence-corrected chi connectivity index (χ0v) is 18.8. The summed E-state index contributed by atoms with van der Waals surface area (Å²) in [5.41, 5.74) is 1.21.